The van der Waals surface area contributed by atoms with Gasteiger partial charge in [0.15, 0.2) is 0 Å². The molecule has 0 aromatic carbocycles. The predicted octanol–water partition coefficient (Wildman–Crippen LogP) is -0.572. The number of nitrogens with two attached hydrogens (primary N) is 1. The van der Waals surface area contributed by atoms with Crippen LogP contribution in [0.15, 0.2) is 0 Å². The van der Waals surface area contributed by atoms with Crippen LogP contribution in [0.3, 0.4) is 0 Å². The van der Waals surface area contributed by atoms with Gasteiger partial charge in [0.1, 0.15) is 0 Å². The molecule has 1 rings (SSSR count). The van der Waals surface area contributed by atoms with Crippen LogP contribution in [0.5, 0.6) is 0 Å². The Bertz CT molecular complexity index is 257. The van der Waals surface area contributed by atoms with Gasteiger partial charge in [-0.25, -0.2) is 0 Å². The van der Waals surface area contributed by atoms with Crippen molar-refractivity contribution in [3.63, 3.8) is 0 Å². The lowest BCUT2D eigenvalue weighted by Crippen LogP contribution is -2.55. The minimum atomic E-state index is 0.159. The molecule has 0 bridgehead atoms. The molecule has 1 heterocycles. The second-order valence-electron chi connectivity index (χ2n) is 5.21. The highest BCUT2D eigenvalue weighted by Gasteiger charge is 2.27. The number of amides is 1. The maximum absolute atomic E-state index is 11.7. The van der Waals surface area contributed by atoms with Gasteiger partial charge in [0.2, 0.25) is 5.91 Å². The van der Waals surface area contributed by atoms with Gasteiger partial charge in [-0.1, -0.05) is 0 Å². The molecule has 0 aliphatic carbocycles. The van der Waals surface area contributed by atoms with E-state index in [0.717, 1.165) is 19.6 Å². The molecule has 5 heteroatoms. The van der Waals surface area contributed by atoms with Crippen molar-refractivity contribution >= 4 is 5.91 Å². The summed E-state index contributed by atoms with van der Waals surface area (Å²) in [5.41, 5.74) is 5.81. The second-order valence-corrected chi connectivity index (χ2v) is 5.21. The summed E-state index contributed by atoms with van der Waals surface area (Å²) in [5.74, 6) is 0.159. The third-order valence-electron chi connectivity index (χ3n) is 3.69. The number of likely N-dealkylation sites (N-methyl/N-ethyl adjacent to an activating group) is 1. The Labute approximate surface area is 105 Å². The molecule has 0 aromatic heterocycles. The third-order valence-corrected chi connectivity index (χ3v) is 3.69. The lowest BCUT2D eigenvalue weighted by molar-refractivity contribution is -0.130. The predicted molar refractivity (Wildman–Crippen MR) is 69.8 cm³/mol. The molecule has 0 saturated carbocycles. The van der Waals surface area contributed by atoms with Crippen molar-refractivity contribution in [2.75, 3.05) is 47.3 Å². The largest absolute Gasteiger partial charge is 0.349 e. The highest BCUT2D eigenvalue weighted by Crippen LogP contribution is 2.12. The first-order valence-electron chi connectivity index (χ1n) is 6.30. The second kappa shape index (κ2) is 6.33. The highest BCUT2D eigenvalue weighted by molar-refractivity contribution is 5.76. The van der Waals surface area contributed by atoms with Crippen molar-refractivity contribution in [2.24, 2.45) is 5.73 Å². The Morgan fingerprint density at radius 2 is 2.12 bits per heavy atom. The Balaban J connectivity index is 2.53. The molecule has 0 radical (unpaired) electrons. The molecule has 17 heavy (non-hydrogen) atoms. The summed E-state index contributed by atoms with van der Waals surface area (Å²) in [7, 11) is 5.73. The van der Waals surface area contributed by atoms with E-state index in [0.29, 0.717) is 19.0 Å². The maximum Gasteiger partial charge on any atom is 0.223 e. The molecule has 1 saturated heterocycles. The van der Waals surface area contributed by atoms with Crippen molar-refractivity contribution in [1.82, 2.24) is 14.7 Å². The zero-order valence-corrected chi connectivity index (χ0v) is 11.5. The van der Waals surface area contributed by atoms with E-state index < -0.39 is 0 Å². The Morgan fingerprint density at radius 3 is 2.59 bits per heavy atom. The van der Waals surface area contributed by atoms with Crippen LogP contribution in [0.1, 0.15) is 13.3 Å². The first-order valence-corrected chi connectivity index (χ1v) is 6.30. The van der Waals surface area contributed by atoms with Crippen molar-refractivity contribution in [2.45, 2.75) is 25.4 Å². The van der Waals surface area contributed by atoms with Crippen molar-refractivity contribution < 1.29 is 4.79 Å². The van der Waals surface area contributed by atoms with Gasteiger partial charge in [-0.2, -0.15) is 0 Å². The SMILES string of the molecule is CC1CN(C(CN)CC(=O)N(C)C)CCN1C. The smallest absolute Gasteiger partial charge is 0.223 e. The summed E-state index contributed by atoms with van der Waals surface area (Å²) in [6.45, 7) is 5.82. The van der Waals surface area contributed by atoms with Gasteiger partial charge in [-0.3, -0.25) is 9.69 Å². The number of carbonyl (C=O) groups is 1. The molecule has 1 aliphatic rings. The Kier molecular flexibility index (Phi) is 5.36. The normalized spacial score (nSPS) is 24.6. The average Bonchev–Trinajstić information content (AvgIpc) is 2.29. The first kappa shape index (κ1) is 14.4. The maximum atomic E-state index is 11.7. The summed E-state index contributed by atoms with van der Waals surface area (Å²) in [4.78, 5) is 18.1. The molecule has 2 N–H and O–H groups in total. The van der Waals surface area contributed by atoms with E-state index in [9.17, 15) is 4.79 Å². The van der Waals surface area contributed by atoms with Crippen LogP contribution in [-0.2, 0) is 4.79 Å². The van der Waals surface area contributed by atoms with Gasteiger partial charge < -0.3 is 15.5 Å². The lowest BCUT2D eigenvalue weighted by Gasteiger charge is -2.41. The quantitative estimate of drug-likeness (QED) is 0.717. The number of hydrogen-bond donors (Lipinski definition) is 1. The monoisotopic (exact) mass is 242 g/mol. The highest BCUT2D eigenvalue weighted by atomic mass is 16.2. The average molecular weight is 242 g/mol. The molecular formula is C12H26N4O. The Morgan fingerprint density at radius 1 is 1.47 bits per heavy atom. The summed E-state index contributed by atoms with van der Waals surface area (Å²) in [5, 5.41) is 0. The number of nitrogens with zero attached hydrogens (tertiary/aromatic N) is 3. The topological polar surface area (TPSA) is 52.8 Å². The zero-order chi connectivity index (χ0) is 13.0. The summed E-state index contributed by atoms with van der Waals surface area (Å²) < 4.78 is 0. The van der Waals surface area contributed by atoms with Crippen LogP contribution < -0.4 is 5.73 Å². The van der Waals surface area contributed by atoms with E-state index in [2.05, 4.69) is 23.8 Å². The number of piperazine rings is 1. The molecule has 2 unspecified atom stereocenters. The minimum absolute atomic E-state index is 0.159. The molecule has 0 aromatic rings. The minimum Gasteiger partial charge on any atom is -0.349 e. The third kappa shape index (κ3) is 3.94. The van der Waals surface area contributed by atoms with Crippen LogP contribution in [0.25, 0.3) is 0 Å². The van der Waals surface area contributed by atoms with Gasteiger partial charge >= 0.3 is 0 Å². The van der Waals surface area contributed by atoms with Crippen LogP contribution in [0.2, 0.25) is 0 Å². The van der Waals surface area contributed by atoms with E-state index in [1.807, 2.05) is 0 Å². The van der Waals surface area contributed by atoms with Crippen molar-refractivity contribution in [3.8, 4) is 0 Å². The molecule has 1 amide bonds. The van der Waals surface area contributed by atoms with Gasteiger partial charge in [-0.05, 0) is 14.0 Å². The van der Waals surface area contributed by atoms with E-state index >= 15 is 0 Å². The molecule has 0 spiro atoms. The van der Waals surface area contributed by atoms with Crippen LogP contribution in [0, 0.1) is 0 Å². The molecule has 1 aliphatic heterocycles. The molecule has 2 atom stereocenters. The fraction of sp³-hybridized carbons (Fsp3) is 0.917. The molecule has 100 valence electrons. The van der Waals surface area contributed by atoms with Crippen LogP contribution in [-0.4, -0.2) is 80.0 Å². The van der Waals surface area contributed by atoms with E-state index in [1.54, 1.807) is 19.0 Å². The number of hydrogen-bond acceptors (Lipinski definition) is 4. The van der Waals surface area contributed by atoms with E-state index in [4.69, 9.17) is 5.73 Å². The number of carbonyl (C=O) groups excluding carboxylic acids is 1. The Hall–Kier alpha value is -0.650. The molecular weight excluding hydrogens is 216 g/mol. The van der Waals surface area contributed by atoms with E-state index in [-0.39, 0.29) is 11.9 Å². The van der Waals surface area contributed by atoms with Crippen molar-refractivity contribution in [3.05, 3.63) is 0 Å². The number of rotatable bonds is 4. The van der Waals surface area contributed by atoms with Gasteiger partial charge in [0.25, 0.3) is 0 Å². The lowest BCUT2D eigenvalue weighted by atomic mass is 10.1. The summed E-state index contributed by atoms with van der Waals surface area (Å²) in [6, 6.07) is 0.716. The standard InChI is InChI=1S/C12H26N4O/c1-10-9-16(6-5-15(10)4)11(8-13)7-12(17)14(2)3/h10-11H,5-9,13H2,1-4H3. The zero-order valence-electron chi connectivity index (χ0n) is 11.5. The van der Waals surface area contributed by atoms with Crippen molar-refractivity contribution in [1.29, 1.82) is 0 Å². The van der Waals surface area contributed by atoms with Gasteiger partial charge in [0.05, 0.1) is 0 Å². The molecule has 1 fully saturated rings. The summed E-state index contributed by atoms with van der Waals surface area (Å²) >= 11 is 0. The summed E-state index contributed by atoms with van der Waals surface area (Å²) in [6.07, 6.45) is 0.528. The molecule has 5 nitrogen and oxygen atoms in total. The first-order chi connectivity index (χ1) is 7.95. The van der Waals surface area contributed by atoms with Crippen LogP contribution in [0.4, 0.5) is 0 Å². The fourth-order valence-corrected chi connectivity index (χ4v) is 2.15. The van der Waals surface area contributed by atoms with Gasteiger partial charge in [0, 0.05) is 58.8 Å². The fourth-order valence-electron chi connectivity index (χ4n) is 2.15. The van der Waals surface area contributed by atoms with E-state index in [1.165, 1.54) is 0 Å². The van der Waals surface area contributed by atoms with Crippen LogP contribution >= 0.6 is 0 Å². The van der Waals surface area contributed by atoms with Gasteiger partial charge in [-0.15, -0.1) is 0 Å².